The average Bonchev–Trinajstić information content (AvgIpc) is 3.10. The smallest absolute Gasteiger partial charge is 0.305 e. The van der Waals surface area contributed by atoms with Gasteiger partial charge in [-0.2, -0.15) is 0 Å². The van der Waals surface area contributed by atoms with Crippen molar-refractivity contribution in [3.05, 3.63) is 96.3 Å². The van der Waals surface area contributed by atoms with E-state index in [1.54, 1.807) is 24.3 Å². The monoisotopic (exact) mass is 405 g/mol. The minimum Gasteiger partial charge on any atom is -0.307 e. The molecule has 28 heavy (non-hydrogen) atoms. The fourth-order valence-electron chi connectivity index (χ4n) is 3.89. The van der Waals surface area contributed by atoms with E-state index in [9.17, 15) is 14.4 Å². The van der Waals surface area contributed by atoms with E-state index in [0.29, 0.717) is 33.1 Å². The minimum absolute atomic E-state index is 0.0951. The zero-order valence-electron chi connectivity index (χ0n) is 14.7. The van der Waals surface area contributed by atoms with Gasteiger partial charge < -0.3 is 4.98 Å². The van der Waals surface area contributed by atoms with Gasteiger partial charge in [0.1, 0.15) is 0 Å². The SMILES string of the molecule is O=C1C2=C(C(=O)c3ccccc31)C(CCc1ccccc1)c1sc(=O)[nH]c1S2. The molecular formula is C22H15NO3S2. The predicted octanol–water partition coefficient (Wildman–Crippen LogP) is 4.59. The Kier molecular flexibility index (Phi) is 4.18. The highest BCUT2D eigenvalue weighted by Gasteiger charge is 2.41. The Morgan fingerprint density at radius 2 is 1.54 bits per heavy atom. The predicted molar refractivity (Wildman–Crippen MR) is 110 cm³/mol. The van der Waals surface area contributed by atoms with Crippen molar-refractivity contribution >= 4 is 34.7 Å². The van der Waals surface area contributed by atoms with Crippen LogP contribution in [0, 0.1) is 0 Å². The molecule has 5 rings (SSSR count). The molecule has 1 aromatic heterocycles. The first-order valence-corrected chi connectivity index (χ1v) is 10.6. The van der Waals surface area contributed by atoms with Crippen LogP contribution in [0.1, 0.15) is 43.5 Å². The van der Waals surface area contributed by atoms with Gasteiger partial charge in [0.15, 0.2) is 5.78 Å². The van der Waals surface area contributed by atoms with Gasteiger partial charge in [0.05, 0.1) is 9.93 Å². The highest BCUT2D eigenvalue weighted by Crippen LogP contribution is 2.50. The lowest BCUT2D eigenvalue weighted by molar-refractivity contribution is 0.0975. The average molecular weight is 406 g/mol. The van der Waals surface area contributed by atoms with Gasteiger partial charge in [-0.05, 0) is 18.4 Å². The number of nitrogens with one attached hydrogen (secondary N) is 1. The summed E-state index contributed by atoms with van der Waals surface area (Å²) in [5.74, 6) is -0.472. The summed E-state index contributed by atoms with van der Waals surface area (Å²) in [6, 6.07) is 17.0. The topological polar surface area (TPSA) is 67.0 Å². The van der Waals surface area contributed by atoms with Crippen molar-refractivity contribution in [2.45, 2.75) is 23.8 Å². The zero-order valence-corrected chi connectivity index (χ0v) is 16.4. The first kappa shape index (κ1) is 17.4. The number of carbonyl (C=O) groups excluding carboxylic acids is 2. The molecular weight excluding hydrogens is 390 g/mol. The van der Waals surface area contributed by atoms with Crippen LogP contribution in [-0.2, 0) is 6.42 Å². The van der Waals surface area contributed by atoms with E-state index >= 15 is 0 Å². The molecule has 6 heteroatoms. The summed E-state index contributed by atoms with van der Waals surface area (Å²) in [5, 5.41) is 0.701. The van der Waals surface area contributed by atoms with Crippen molar-refractivity contribution in [1.82, 2.24) is 4.98 Å². The highest BCUT2D eigenvalue weighted by molar-refractivity contribution is 8.04. The van der Waals surface area contributed by atoms with Crippen LogP contribution in [0.5, 0.6) is 0 Å². The lowest BCUT2D eigenvalue weighted by Crippen LogP contribution is -2.26. The first-order valence-electron chi connectivity index (χ1n) is 9.01. The van der Waals surface area contributed by atoms with Crippen LogP contribution in [0.2, 0.25) is 0 Å². The number of fused-ring (bicyclic) bond motifs is 2. The number of H-pyrrole nitrogens is 1. The fraction of sp³-hybridized carbons (Fsp3) is 0.136. The van der Waals surface area contributed by atoms with Crippen LogP contribution in [0.4, 0.5) is 0 Å². The van der Waals surface area contributed by atoms with E-state index in [4.69, 9.17) is 0 Å². The first-order chi connectivity index (χ1) is 13.6. The highest BCUT2D eigenvalue weighted by atomic mass is 32.2. The Morgan fingerprint density at radius 1 is 0.857 bits per heavy atom. The van der Waals surface area contributed by atoms with Gasteiger partial charge in [0.25, 0.3) is 0 Å². The molecule has 0 amide bonds. The molecule has 4 nitrogen and oxygen atoms in total. The van der Waals surface area contributed by atoms with Crippen molar-refractivity contribution in [3.63, 3.8) is 0 Å². The number of hydrogen-bond donors (Lipinski definition) is 1. The molecule has 138 valence electrons. The van der Waals surface area contributed by atoms with Crippen molar-refractivity contribution in [3.8, 4) is 0 Å². The third-order valence-electron chi connectivity index (χ3n) is 5.19. The quantitative estimate of drug-likeness (QED) is 0.692. The van der Waals surface area contributed by atoms with Crippen molar-refractivity contribution in [2.24, 2.45) is 0 Å². The summed E-state index contributed by atoms with van der Waals surface area (Å²) in [4.78, 5) is 42.5. The number of aryl methyl sites for hydroxylation is 1. The molecule has 2 aromatic carbocycles. The standard InChI is InChI=1S/C22H15NO3S2/c24-17-13-8-4-5-9-14(13)18(25)20-16(17)15(11-10-12-6-2-1-3-7-12)19-21(27-20)23-22(26)28-19/h1-9,15H,10-11H2,(H,23,26). The number of thiazole rings is 1. The number of aromatic amines is 1. The van der Waals surface area contributed by atoms with E-state index in [1.165, 1.54) is 17.3 Å². The van der Waals surface area contributed by atoms with Gasteiger partial charge in [-0.25, -0.2) is 0 Å². The Balaban J connectivity index is 1.61. The molecule has 3 aromatic rings. The van der Waals surface area contributed by atoms with Crippen molar-refractivity contribution in [1.29, 1.82) is 0 Å². The number of Topliss-reactive ketones (excluding diaryl/α,β-unsaturated/α-hetero) is 2. The largest absolute Gasteiger partial charge is 0.307 e. The number of ketones is 2. The Labute approximate surface area is 169 Å². The number of benzene rings is 2. The molecule has 0 fully saturated rings. The maximum Gasteiger partial charge on any atom is 0.305 e. The molecule has 1 unspecified atom stereocenters. The molecule has 1 atom stereocenters. The summed E-state index contributed by atoms with van der Waals surface area (Å²) >= 11 is 2.37. The van der Waals surface area contributed by atoms with Crippen LogP contribution < -0.4 is 4.87 Å². The van der Waals surface area contributed by atoms with Gasteiger partial charge in [-0.3, -0.25) is 14.4 Å². The molecule has 0 saturated heterocycles. The number of thioether (sulfide) groups is 1. The maximum absolute atomic E-state index is 13.3. The van der Waals surface area contributed by atoms with Gasteiger partial charge in [-0.15, -0.1) is 0 Å². The summed E-state index contributed by atoms with van der Waals surface area (Å²) in [6.45, 7) is 0. The van der Waals surface area contributed by atoms with Gasteiger partial charge in [-0.1, -0.05) is 77.7 Å². The third-order valence-corrected chi connectivity index (χ3v) is 7.45. The summed E-state index contributed by atoms with van der Waals surface area (Å²) in [7, 11) is 0. The Hall–Kier alpha value is -2.70. The number of rotatable bonds is 3. The lowest BCUT2D eigenvalue weighted by Gasteiger charge is -2.30. The molecule has 1 aliphatic heterocycles. The van der Waals surface area contributed by atoms with E-state index < -0.39 is 0 Å². The zero-order chi connectivity index (χ0) is 19.3. The number of carbonyl (C=O) groups is 2. The van der Waals surface area contributed by atoms with Crippen LogP contribution in [0.3, 0.4) is 0 Å². The van der Waals surface area contributed by atoms with Crippen molar-refractivity contribution < 1.29 is 9.59 Å². The second-order valence-electron chi connectivity index (χ2n) is 6.83. The molecule has 0 bridgehead atoms. The van der Waals surface area contributed by atoms with E-state index in [-0.39, 0.29) is 22.4 Å². The van der Waals surface area contributed by atoms with E-state index in [2.05, 4.69) is 17.1 Å². The second-order valence-corrected chi connectivity index (χ2v) is 8.87. The summed E-state index contributed by atoms with van der Waals surface area (Å²) in [5.41, 5.74) is 2.62. The number of aromatic nitrogens is 1. The fourth-order valence-corrected chi connectivity index (χ4v) is 6.21. The number of allylic oxidation sites excluding steroid dienone is 2. The van der Waals surface area contributed by atoms with E-state index in [0.717, 1.165) is 22.6 Å². The van der Waals surface area contributed by atoms with Gasteiger partial charge in [0, 0.05) is 27.5 Å². The number of hydrogen-bond acceptors (Lipinski definition) is 5. The van der Waals surface area contributed by atoms with Gasteiger partial charge >= 0.3 is 4.87 Å². The van der Waals surface area contributed by atoms with Crippen molar-refractivity contribution in [2.75, 3.05) is 0 Å². The minimum atomic E-state index is -0.250. The van der Waals surface area contributed by atoms with E-state index in [1.807, 2.05) is 18.2 Å². The van der Waals surface area contributed by atoms with Crippen LogP contribution in [0.25, 0.3) is 0 Å². The molecule has 0 radical (unpaired) electrons. The molecule has 2 aliphatic rings. The van der Waals surface area contributed by atoms with Crippen LogP contribution in [0.15, 0.2) is 74.9 Å². The molecule has 0 saturated carbocycles. The molecule has 2 heterocycles. The Bertz CT molecular complexity index is 1200. The third kappa shape index (κ3) is 2.72. The maximum atomic E-state index is 13.3. The summed E-state index contributed by atoms with van der Waals surface area (Å²) < 4.78 is 0. The molecule has 0 spiro atoms. The Morgan fingerprint density at radius 3 is 2.29 bits per heavy atom. The van der Waals surface area contributed by atoms with Crippen LogP contribution in [-0.4, -0.2) is 16.6 Å². The second kappa shape index (κ2) is 6.72. The lowest BCUT2D eigenvalue weighted by atomic mass is 9.80. The molecule has 1 N–H and O–H groups in total. The van der Waals surface area contributed by atoms with Crippen LogP contribution >= 0.6 is 23.1 Å². The van der Waals surface area contributed by atoms with Gasteiger partial charge in [0.2, 0.25) is 5.78 Å². The molecule has 1 aliphatic carbocycles. The normalized spacial score (nSPS) is 17.9. The summed E-state index contributed by atoms with van der Waals surface area (Å²) in [6.07, 6.45) is 1.44.